The number of carbonyl (C=O) groups is 1. The highest BCUT2D eigenvalue weighted by atomic mass is 79.9. The fourth-order valence-electron chi connectivity index (χ4n) is 1.46. The molecule has 1 atom stereocenters. The molecule has 0 spiro atoms. The second-order valence-electron chi connectivity index (χ2n) is 3.79. The lowest BCUT2D eigenvalue weighted by Crippen LogP contribution is -2.34. The SMILES string of the molecule is CCC(CN)C(=O)NCc1cc(Br)ccc1F. The fraction of sp³-hybridized carbons (Fsp3) is 0.417. The van der Waals surface area contributed by atoms with Gasteiger partial charge >= 0.3 is 0 Å². The molecule has 3 nitrogen and oxygen atoms in total. The van der Waals surface area contributed by atoms with E-state index >= 15 is 0 Å². The van der Waals surface area contributed by atoms with Crippen LogP contribution in [-0.4, -0.2) is 12.5 Å². The van der Waals surface area contributed by atoms with Crippen molar-refractivity contribution in [3.8, 4) is 0 Å². The monoisotopic (exact) mass is 302 g/mol. The summed E-state index contributed by atoms with van der Waals surface area (Å²) in [6.45, 7) is 2.39. The lowest BCUT2D eigenvalue weighted by atomic mass is 10.1. The quantitative estimate of drug-likeness (QED) is 0.876. The maximum atomic E-state index is 13.4. The molecular weight excluding hydrogens is 287 g/mol. The van der Waals surface area contributed by atoms with E-state index in [1.54, 1.807) is 12.1 Å². The Bertz CT molecular complexity index is 394. The number of benzene rings is 1. The molecule has 1 aromatic rings. The first-order valence-electron chi connectivity index (χ1n) is 5.50. The summed E-state index contributed by atoms with van der Waals surface area (Å²) in [5.41, 5.74) is 5.92. The zero-order valence-corrected chi connectivity index (χ0v) is 11.3. The maximum absolute atomic E-state index is 13.4. The normalized spacial score (nSPS) is 12.2. The fourth-order valence-corrected chi connectivity index (χ4v) is 1.87. The molecule has 17 heavy (non-hydrogen) atoms. The van der Waals surface area contributed by atoms with Gasteiger partial charge in [-0.1, -0.05) is 22.9 Å². The molecule has 0 heterocycles. The highest BCUT2D eigenvalue weighted by molar-refractivity contribution is 9.10. The van der Waals surface area contributed by atoms with Crippen LogP contribution >= 0.6 is 15.9 Å². The summed E-state index contributed by atoms with van der Waals surface area (Å²) in [5.74, 6) is -0.658. The maximum Gasteiger partial charge on any atom is 0.224 e. The topological polar surface area (TPSA) is 55.1 Å². The molecule has 1 aromatic carbocycles. The van der Waals surface area contributed by atoms with Crippen LogP contribution in [0.25, 0.3) is 0 Å². The molecule has 0 aliphatic carbocycles. The van der Waals surface area contributed by atoms with Gasteiger partial charge < -0.3 is 11.1 Å². The smallest absolute Gasteiger partial charge is 0.224 e. The molecule has 0 aliphatic heterocycles. The number of carbonyl (C=O) groups excluding carboxylic acids is 1. The molecule has 5 heteroatoms. The van der Waals surface area contributed by atoms with E-state index in [1.807, 2.05) is 6.92 Å². The first-order chi connectivity index (χ1) is 8.08. The van der Waals surface area contributed by atoms with Crippen molar-refractivity contribution >= 4 is 21.8 Å². The average Bonchev–Trinajstić information content (AvgIpc) is 2.32. The van der Waals surface area contributed by atoms with Crippen LogP contribution < -0.4 is 11.1 Å². The van der Waals surface area contributed by atoms with E-state index in [0.717, 1.165) is 4.47 Å². The predicted octanol–water partition coefficient (Wildman–Crippen LogP) is 2.19. The zero-order valence-electron chi connectivity index (χ0n) is 9.67. The van der Waals surface area contributed by atoms with Gasteiger partial charge in [-0.15, -0.1) is 0 Å². The minimum absolute atomic E-state index is 0.130. The molecule has 0 saturated heterocycles. The zero-order chi connectivity index (χ0) is 12.8. The Morgan fingerprint density at radius 1 is 1.59 bits per heavy atom. The minimum atomic E-state index is -0.325. The van der Waals surface area contributed by atoms with Crippen molar-refractivity contribution in [2.45, 2.75) is 19.9 Å². The third-order valence-corrected chi connectivity index (χ3v) is 3.10. The van der Waals surface area contributed by atoms with Gasteiger partial charge in [0.15, 0.2) is 0 Å². The van der Waals surface area contributed by atoms with Crippen LogP contribution in [0, 0.1) is 11.7 Å². The Labute approximate surface area is 109 Å². The molecule has 0 aliphatic rings. The predicted molar refractivity (Wildman–Crippen MR) is 68.8 cm³/mol. The first-order valence-corrected chi connectivity index (χ1v) is 6.29. The standard InChI is InChI=1S/C12H16BrFN2O/c1-2-8(6-15)12(17)16-7-9-5-10(13)3-4-11(9)14/h3-5,8H,2,6-7,15H2,1H3,(H,16,17). The summed E-state index contributed by atoms with van der Waals surface area (Å²) in [5, 5.41) is 2.69. The van der Waals surface area contributed by atoms with Crippen molar-refractivity contribution in [2.24, 2.45) is 11.7 Å². The van der Waals surface area contributed by atoms with Gasteiger partial charge in [-0.2, -0.15) is 0 Å². The number of rotatable bonds is 5. The molecule has 1 amide bonds. The van der Waals surface area contributed by atoms with Crippen molar-refractivity contribution in [1.29, 1.82) is 0 Å². The first kappa shape index (κ1) is 14.1. The molecule has 0 bridgehead atoms. The highest BCUT2D eigenvalue weighted by Crippen LogP contribution is 2.15. The molecule has 0 fully saturated rings. The van der Waals surface area contributed by atoms with E-state index < -0.39 is 0 Å². The minimum Gasteiger partial charge on any atom is -0.352 e. The van der Waals surface area contributed by atoms with E-state index in [0.29, 0.717) is 18.5 Å². The summed E-state index contributed by atoms with van der Waals surface area (Å²) in [6.07, 6.45) is 0.684. The summed E-state index contributed by atoms with van der Waals surface area (Å²) >= 11 is 3.26. The van der Waals surface area contributed by atoms with Gasteiger partial charge in [0, 0.05) is 29.0 Å². The molecule has 1 unspecified atom stereocenters. The Morgan fingerprint density at radius 2 is 2.29 bits per heavy atom. The van der Waals surface area contributed by atoms with E-state index in [1.165, 1.54) is 6.07 Å². The van der Waals surface area contributed by atoms with Gasteiger partial charge in [0.05, 0.1) is 0 Å². The van der Waals surface area contributed by atoms with Crippen molar-refractivity contribution in [3.05, 3.63) is 34.1 Å². The van der Waals surface area contributed by atoms with Gasteiger partial charge in [-0.25, -0.2) is 4.39 Å². The van der Waals surface area contributed by atoms with Gasteiger partial charge in [0.2, 0.25) is 5.91 Å². The van der Waals surface area contributed by atoms with Crippen LogP contribution in [0.4, 0.5) is 4.39 Å². The number of halogens is 2. The van der Waals surface area contributed by atoms with Crippen molar-refractivity contribution in [2.75, 3.05) is 6.54 Å². The number of hydrogen-bond acceptors (Lipinski definition) is 2. The van der Waals surface area contributed by atoms with E-state index in [4.69, 9.17) is 5.73 Å². The van der Waals surface area contributed by atoms with Gasteiger partial charge in [-0.3, -0.25) is 4.79 Å². The van der Waals surface area contributed by atoms with Gasteiger partial charge in [0.1, 0.15) is 5.82 Å². The van der Waals surface area contributed by atoms with Gasteiger partial charge in [0.25, 0.3) is 0 Å². The summed E-state index contributed by atoms with van der Waals surface area (Å²) < 4.78 is 14.2. The van der Waals surface area contributed by atoms with Crippen LogP contribution in [0.1, 0.15) is 18.9 Å². The van der Waals surface area contributed by atoms with Crippen molar-refractivity contribution < 1.29 is 9.18 Å². The number of hydrogen-bond donors (Lipinski definition) is 2. The van der Waals surface area contributed by atoms with E-state index in [2.05, 4.69) is 21.2 Å². The van der Waals surface area contributed by atoms with Crippen LogP contribution in [0.2, 0.25) is 0 Å². The van der Waals surface area contributed by atoms with Crippen molar-refractivity contribution in [1.82, 2.24) is 5.32 Å². The highest BCUT2D eigenvalue weighted by Gasteiger charge is 2.14. The molecule has 0 radical (unpaired) electrons. The summed E-state index contributed by atoms with van der Waals surface area (Å²) in [4.78, 5) is 11.6. The third kappa shape index (κ3) is 4.09. The lowest BCUT2D eigenvalue weighted by molar-refractivity contribution is -0.124. The Kier molecular flexibility index (Phi) is 5.58. The van der Waals surface area contributed by atoms with Crippen LogP contribution in [0.3, 0.4) is 0 Å². The Balaban J connectivity index is 2.61. The van der Waals surface area contributed by atoms with Crippen LogP contribution in [0.15, 0.2) is 22.7 Å². The molecule has 3 N–H and O–H groups in total. The molecule has 0 aromatic heterocycles. The van der Waals surface area contributed by atoms with E-state index in [-0.39, 0.29) is 24.2 Å². The molecular formula is C12H16BrFN2O. The second-order valence-corrected chi connectivity index (χ2v) is 4.71. The van der Waals surface area contributed by atoms with Gasteiger partial charge in [-0.05, 0) is 24.6 Å². The number of amides is 1. The number of nitrogens with two attached hydrogens (primary N) is 1. The van der Waals surface area contributed by atoms with E-state index in [9.17, 15) is 9.18 Å². The lowest BCUT2D eigenvalue weighted by Gasteiger charge is -2.13. The molecule has 0 saturated carbocycles. The molecule has 94 valence electrons. The van der Waals surface area contributed by atoms with Crippen molar-refractivity contribution in [3.63, 3.8) is 0 Å². The Morgan fingerprint density at radius 3 is 2.88 bits per heavy atom. The number of nitrogens with one attached hydrogen (secondary N) is 1. The Hall–Kier alpha value is -0.940. The van der Waals surface area contributed by atoms with Crippen LogP contribution in [-0.2, 0) is 11.3 Å². The average molecular weight is 303 g/mol. The third-order valence-electron chi connectivity index (χ3n) is 2.61. The summed E-state index contributed by atoms with van der Waals surface area (Å²) in [6, 6.07) is 4.64. The van der Waals surface area contributed by atoms with Crippen LogP contribution in [0.5, 0.6) is 0 Å². The summed E-state index contributed by atoms with van der Waals surface area (Å²) in [7, 11) is 0. The molecule has 1 rings (SSSR count). The second kappa shape index (κ2) is 6.71. The largest absolute Gasteiger partial charge is 0.352 e.